The van der Waals surface area contributed by atoms with Crippen LogP contribution in [0.15, 0.2) is 46.2 Å². The fraction of sp³-hybridized carbons (Fsp3) is 0. The Labute approximate surface area is 141 Å². The third-order valence-corrected chi connectivity index (χ3v) is 5.92. The molecule has 1 amide bonds. The highest BCUT2D eigenvalue weighted by atomic mass is 35.5. The monoisotopic (exact) mass is 378 g/mol. The van der Waals surface area contributed by atoms with Gasteiger partial charge in [0, 0.05) is 5.69 Å². The van der Waals surface area contributed by atoms with Gasteiger partial charge in [0.25, 0.3) is 0 Å². The number of nitrogens with one attached hydrogen (secondary N) is 1. The molecular formula is C13H7Cl3NO4S-. The number of carbonyl (C=O) groups is 1. The summed E-state index contributed by atoms with van der Waals surface area (Å²) in [6.07, 6.45) is -1.50. The second kappa shape index (κ2) is 6.34. The third kappa shape index (κ3) is 3.30. The van der Waals surface area contributed by atoms with Crippen molar-refractivity contribution in [3.63, 3.8) is 0 Å². The Balaban J connectivity index is 2.47. The molecule has 0 saturated carbocycles. The van der Waals surface area contributed by atoms with Gasteiger partial charge in [0.05, 0.1) is 24.9 Å². The van der Waals surface area contributed by atoms with Gasteiger partial charge in [-0.2, -0.15) is 0 Å². The molecule has 9 heteroatoms. The van der Waals surface area contributed by atoms with Crippen molar-refractivity contribution in [1.29, 1.82) is 0 Å². The van der Waals surface area contributed by atoms with Crippen LogP contribution in [-0.4, -0.2) is 14.5 Å². The third-order valence-electron chi connectivity index (χ3n) is 2.70. The van der Waals surface area contributed by atoms with Crippen LogP contribution in [0.4, 0.5) is 10.5 Å². The zero-order valence-electron chi connectivity index (χ0n) is 10.6. The van der Waals surface area contributed by atoms with Crippen molar-refractivity contribution in [2.45, 2.75) is 9.79 Å². The highest BCUT2D eigenvalue weighted by Crippen LogP contribution is 2.37. The summed E-state index contributed by atoms with van der Waals surface area (Å²) in [5, 5.41) is 12.3. The van der Waals surface area contributed by atoms with E-state index in [-0.39, 0.29) is 30.5 Å². The molecule has 0 saturated heterocycles. The minimum absolute atomic E-state index is 0.0559. The van der Waals surface area contributed by atoms with Crippen LogP contribution in [0.5, 0.6) is 0 Å². The first kappa shape index (κ1) is 16.9. The zero-order chi connectivity index (χ0) is 16.5. The van der Waals surface area contributed by atoms with Gasteiger partial charge in [-0.1, -0.05) is 34.8 Å². The lowest BCUT2D eigenvalue weighted by Crippen LogP contribution is -2.28. The van der Waals surface area contributed by atoms with Gasteiger partial charge in [0.2, 0.25) is 9.84 Å². The minimum atomic E-state index is -3.92. The van der Waals surface area contributed by atoms with Crippen LogP contribution in [0.3, 0.4) is 0 Å². The molecule has 0 spiro atoms. The topological polar surface area (TPSA) is 86.3 Å². The number of sulfone groups is 1. The number of carboxylic acid groups (broad SMARTS) is 1. The Bertz CT molecular complexity index is 835. The van der Waals surface area contributed by atoms with E-state index in [0.717, 1.165) is 0 Å². The predicted octanol–water partition coefficient (Wildman–Crippen LogP) is 3.23. The SMILES string of the molecule is O=C([O-])Nc1ccc(S(=O)(=O)c2ccc(Cl)c(Cl)c2Cl)cc1. The van der Waals surface area contributed by atoms with Crippen LogP contribution >= 0.6 is 34.8 Å². The number of rotatable bonds is 3. The summed E-state index contributed by atoms with van der Waals surface area (Å²) in [5.41, 5.74) is 0.180. The molecule has 0 aliphatic heterocycles. The number of amides is 1. The molecule has 5 nitrogen and oxygen atoms in total. The summed E-state index contributed by atoms with van der Waals surface area (Å²) in [6.45, 7) is 0. The van der Waals surface area contributed by atoms with Gasteiger partial charge in [0.15, 0.2) is 0 Å². The Morgan fingerprint density at radius 2 is 1.55 bits per heavy atom. The van der Waals surface area contributed by atoms with Gasteiger partial charge in [-0.25, -0.2) is 8.42 Å². The van der Waals surface area contributed by atoms with E-state index in [1.54, 1.807) is 0 Å². The van der Waals surface area contributed by atoms with Crippen molar-refractivity contribution in [1.82, 2.24) is 0 Å². The van der Waals surface area contributed by atoms with Gasteiger partial charge < -0.3 is 15.2 Å². The van der Waals surface area contributed by atoms with Gasteiger partial charge in [-0.05, 0) is 36.4 Å². The molecule has 0 radical (unpaired) electrons. The van der Waals surface area contributed by atoms with Crippen LogP contribution in [0.1, 0.15) is 0 Å². The first-order valence-electron chi connectivity index (χ1n) is 5.70. The fourth-order valence-corrected chi connectivity index (χ4v) is 3.91. The average Bonchev–Trinajstić information content (AvgIpc) is 2.44. The molecule has 1 N–H and O–H groups in total. The lowest BCUT2D eigenvalue weighted by Gasteiger charge is -2.10. The van der Waals surface area contributed by atoms with Crippen LogP contribution in [0.25, 0.3) is 0 Å². The van der Waals surface area contributed by atoms with Gasteiger partial charge in [-0.3, -0.25) is 0 Å². The van der Waals surface area contributed by atoms with Crippen molar-refractivity contribution >= 4 is 56.4 Å². The predicted molar refractivity (Wildman–Crippen MR) is 82.4 cm³/mol. The molecular weight excluding hydrogens is 373 g/mol. The molecule has 0 aliphatic carbocycles. The van der Waals surface area contributed by atoms with E-state index in [2.05, 4.69) is 0 Å². The lowest BCUT2D eigenvalue weighted by atomic mass is 10.3. The molecule has 0 aliphatic rings. The number of carbonyl (C=O) groups excluding carboxylic acids is 1. The molecule has 2 aromatic carbocycles. The summed E-state index contributed by atoms with van der Waals surface area (Å²) >= 11 is 17.6. The molecule has 2 aromatic rings. The number of hydrogen-bond acceptors (Lipinski definition) is 4. The Morgan fingerprint density at radius 1 is 0.955 bits per heavy atom. The highest BCUT2D eigenvalue weighted by Gasteiger charge is 2.23. The van der Waals surface area contributed by atoms with E-state index < -0.39 is 15.9 Å². The molecule has 0 fully saturated rings. The maximum absolute atomic E-state index is 12.5. The van der Waals surface area contributed by atoms with Crippen molar-refractivity contribution in [2.24, 2.45) is 0 Å². The summed E-state index contributed by atoms with van der Waals surface area (Å²) in [4.78, 5) is 10.1. The second-order valence-corrected chi connectivity index (χ2v) is 7.19. The molecule has 22 heavy (non-hydrogen) atoms. The van der Waals surface area contributed by atoms with E-state index in [1.165, 1.54) is 36.4 Å². The van der Waals surface area contributed by atoms with Crippen molar-refractivity contribution in [3.05, 3.63) is 51.5 Å². The highest BCUT2D eigenvalue weighted by molar-refractivity contribution is 7.91. The first-order chi connectivity index (χ1) is 10.2. The standard InChI is InChI=1S/C13H8Cl3NO4S/c14-9-5-6-10(12(16)11(9)15)22(20,21)8-3-1-7(2-4-8)17-13(18)19/h1-6,17H,(H,18,19)/p-1. The van der Waals surface area contributed by atoms with Gasteiger partial charge >= 0.3 is 0 Å². The van der Waals surface area contributed by atoms with Crippen LogP contribution in [0.2, 0.25) is 15.1 Å². The van der Waals surface area contributed by atoms with Crippen LogP contribution in [-0.2, 0) is 9.84 Å². The summed E-state index contributed by atoms with van der Waals surface area (Å²) < 4.78 is 25.0. The van der Waals surface area contributed by atoms with E-state index in [4.69, 9.17) is 34.8 Å². The fourth-order valence-electron chi connectivity index (χ4n) is 1.68. The van der Waals surface area contributed by atoms with E-state index in [1.807, 2.05) is 5.32 Å². The second-order valence-electron chi connectivity index (χ2n) is 4.11. The quantitative estimate of drug-likeness (QED) is 0.830. The van der Waals surface area contributed by atoms with Crippen molar-refractivity contribution in [3.8, 4) is 0 Å². The number of anilines is 1. The summed E-state index contributed by atoms with van der Waals surface area (Å²) in [6, 6.07) is 7.62. The normalized spacial score (nSPS) is 11.2. The van der Waals surface area contributed by atoms with Crippen molar-refractivity contribution in [2.75, 3.05) is 5.32 Å². The van der Waals surface area contributed by atoms with Crippen LogP contribution < -0.4 is 10.4 Å². The Morgan fingerprint density at radius 3 is 2.09 bits per heavy atom. The smallest absolute Gasteiger partial charge is 0.208 e. The molecule has 0 bridgehead atoms. The summed E-state index contributed by atoms with van der Waals surface area (Å²) in [7, 11) is -3.92. The lowest BCUT2D eigenvalue weighted by molar-refractivity contribution is -0.242. The molecule has 2 rings (SSSR count). The molecule has 0 atom stereocenters. The number of hydrogen-bond donors (Lipinski definition) is 1. The summed E-state index contributed by atoms with van der Waals surface area (Å²) in [5.74, 6) is 0. The number of benzene rings is 2. The minimum Gasteiger partial charge on any atom is -0.530 e. The average molecular weight is 380 g/mol. The van der Waals surface area contributed by atoms with Gasteiger partial charge in [-0.15, -0.1) is 0 Å². The number of halogens is 3. The zero-order valence-corrected chi connectivity index (χ0v) is 13.7. The van der Waals surface area contributed by atoms with E-state index in [9.17, 15) is 18.3 Å². The Kier molecular flexibility index (Phi) is 4.87. The molecule has 0 unspecified atom stereocenters. The molecule has 116 valence electrons. The largest absolute Gasteiger partial charge is 0.530 e. The maximum Gasteiger partial charge on any atom is 0.208 e. The van der Waals surface area contributed by atoms with Crippen molar-refractivity contribution < 1.29 is 18.3 Å². The maximum atomic E-state index is 12.5. The first-order valence-corrected chi connectivity index (χ1v) is 8.32. The van der Waals surface area contributed by atoms with E-state index >= 15 is 0 Å². The van der Waals surface area contributed by atoms with E-state index in [0.29, 0.717) is 0 Å². The molecule has 0 aromatic heterocycles. The van der Waals surface area contributed by atoms with Crippen LogP contribution in [0, 0.1) is 0 Å². The Hall–Kier alpha value is -1.47. The van der Waals surface area contributed by atoms with Gasteiger partial charge in [0.1, 0.15) is 6.09 Å². The molecule has 0 heterocycles.